The number of imidazole rings is 1. The Hall–Kier alpha value is -2.62. The van der Waals surface area contributed by atoms with E-state index in [9.17, 15) is 0 Å². The fourth-order valence-corrected chi connectivity index (χ4v) is 2.92. The number of hydrogen-bond acceptors (Lipinski definition) is 3. The number of fused-ring (bicyclic) bond motifs is 1. The van der Waals surface area contributed by atoms with Gasteiger partial charge in [-0.3, -0.25) is 4.99 Å². The Balaban J connectivity index is 1.73. The minimum atomic E-state index is 0.803. The van der Waals surface area contributed by atoms with Gasteiger partial charge in [0.25, 0.3) is 0 Å². The highest BCUT2D eigenvalue weighted by atomic mass is 15.0. The van der Waals surface area contributed by atoms with Crippen LogP contribution in [0.2, 0.25) is 0 Å². The van der Waals surface area contributed by atoms with Gasteiger partial charge in [0.2, 0.25) is 0 Å². The van der Waals surface area contributed by atoms with E-state index in [4.69, 9.17) is 0 Å². The van der Waals surface area contributed by atoms with Crippen molar-refractivity contribution in [1.29, 1.82) is 0 Å². The fourth-order valence-electron chi connectivity index (χ4n) is 2.92. The number of nitrogens with zero attached hydrogens (tertiary/aromatic N) is 3. The van der Waals surface area contributed by atoms with Crippen LogP contribution < -0.4 is 5.32 Å². The van der Waals surface area contributed by atoms with Crippen molar-refractivity contribution in [3.63, 3.8) is 0 Å². The van der Waals surface area contributed by atoms with E-state index in [1.807, 2.05) is 18.5 Å². The summed E-state index contributed by atoms with van der Waals surface area (Å²) in [5.41, 5.74) is 4.66. The van der Waals surface area contributed by atoms with Crippen molar-refractivity contribution in [1.82, 2.24) is 14.9 Å². The van der Waals surface area contributed by atoms with Crippen molar-refractivity contribution in [3.05, 3.63) is 66.0 Å². The predicted molar refractivity (Wildman–Crippen MR) is 89.3 cm³/mol. The predicted octanol–water partition coefficient (Wildman–Crippen LogP) is 2.82. The third-order valence-corrected chi connectivity index (χ3v) is 4.04. The van der Waals surface area contributed by atoms with Crippen molar-refractivity contribution in [2.75, 3.05) is 13.1 Å². The van der Waals surface area contributed by atoms with E-state index >= 15 is 0 Å². The molecule has 0 saturated carbocycles. The molecule has 1 aromatic heterocycles. The largest absolute Gasteiger partial charge is 0.370 e. The summed E-state index contributed by atoms with van der Waals surface area (Å²) in [4.78, 5) is 9.11. The molecule has 0 saturated heterocycles. The minimum Gasteiger partial charge on any atom is -0.370 e. The van der Waals surface area contributed by atoms with E-state index in [0.29, 0.717) is 0 Å². The van der Waals surface area contributed by atoms with Gasteiger partial charge in [-0.2, -0.15) is 0 Å². The smallest absolute Gasteiger partial charge is 0.128 e. The zero-order valence-electron chi connectivity index (χ0n) is 12.4. The molecule has 1 aliphatic rings. The SMILES string of the molecule is c1ccc(C2=NCCCN2)c(Cn2cnc3ccccc32)c1. The summed E-state index contributed by atoms with van der Waals surface area (Å²) < 4.78 is 2.19. The van der Waals surface area contributed by atoms with E-state index in [-0.39, 0.29) is 0 Å². The number of hydrogen-bond donors (Lipinski definition) is 1. The average molecular weight is 290 g/mol. The number of aliphatic imine (C=N–C) groups is 1. The van der Waals surface area contributed by atoms with Crippen LogP contribution in [0.25, 0.3) is 11.0 Å². The van der Waals surface area contributed by atoms with Crippen LogP contribution >= 0.6 is 0 Å². The zero-order chi connectivity index (χ0) is 14.8. The Labute approximate surface area is 129 Å². The molecule has 0 bridgehead atoms. The van der Waals surface area contributed by atoms with E-state index in [0.717, 1.165) is 42.9 Å². The highest BCUT2D eigenvalue weighted by molar-refractivity contribution is 6.00. The monoisotopic (exact) mass is 290 g/mol. The molecule has 2 aromatic carbocycles. The number of para-hydroxylation sites is 2. The summed E-state index contributed by atoms with van der Waals surface area (Å²) >= 11 is 0. The van der Waals surface area contributed by atoms with Gasteiger partial charge >= 0.3 is 0 Å². The summed E-state index contributed by atoms with van der Waals surface area (Å²) in [6.07, 6.45) is 3.02. The van der Waals surface area contributed by atoms with Gasteiger partial charge < -0.3 is 9.88 Å². The second-order valence-corrected chi connectivity index (χ2v) is 5.53. The van der Waals surface area contributed by atoms with Crippen LogP contribution in [0.3, 0.4) is 0 Å². The molecular weight excluding hydrogens is 272 g/mol. The molecule has 2 heterocycles. The number of nitrogens with one attached hydrogen (secondary N) is 1. The van der Waals surface area contributed by atoms with Crippen LogP contribution in [-0.2, 0) is 6.54 Å². The number of aromatic nitrogens is 2. The zero-order valence-corrected chi connectivity index (χ0v) is 12.4. The highest BCUT2D eigenvalue weighted by Gasteiger charge is 2.12. The first kappa shape index (κ1) is 13.1. The first-order valence-corrected chi connectivity index (χ1v) is 7.68. The molecule has 0 aliphatic carbocycles. The lowest BCUT2D eigenvalue weighted by Gasteiger charge is -2.18. The third-order valence-electron chi connectivity index (χ3n) is 4.04. The molecule has 0 amide bonds. The molecule has 110 valence electrons. The number of rotatable bonds is 3. The quantitative estimate of drug-likeness (QED) is 0.806. The molecule has 0 fully saturated rings. The van der Waals surface area contributed by atoms with E-state index in [1.54, 1.807) is 0 Å². The van der Waals surface area contributed by atoms with Crippen LogP contribution in [0, 0.1) is 0 Å². The maximum atomic E-state index is 4.63. The summed E-state index contributed by atoms with van der Waals surface area (Å²) in [6, 6.07) is 16.7. The van der Waals surface area contributed by atoms with Gasteiger partial charge in [0.1, 0.15) is 5.84 Å². The molecule has 4 nitrogen and oxygen atoms in total. The normalized spacial score (nSPS) is 14.6. The second kappa shape index (κ2) is 5.64. The Morgan fingerprint density at radius 1 is 1.05 bits per heavy atom. The lowest BCUT2D eigenvalue weighted by atomic mass is 10.1. The Morgan fingerprint density at radius 3 is 2.82 bits per heavy atom. The summed E-state index contributed by atoms with van der Waals surface area (Å²) in [7, 11) is 0. The Bertz CT molecular complexity index is 832. The van der Waals surface area contributed by atoms with Crippen molar-refractivity contribution in [2.45, 2.75) is 13.0 Å². The van der Waals surface area contributed by atoms with Gasteiger partial charge in [0, 0.05) is 25.2 Å². The van der Waals surface area contributed by atoms with Crippen molar-refractivity contribution in [2.24, 2.45) is 4.99 Å². The number of benzene rings is 2. The van der Waals surface area contributed by atoms with Crippen molar-refractivity contribution < 1.29 is 0 Å². The first-order valence-electron chi connectivity index (χ1n) is 7.68. The van der Waals surface area contributed by atoms with Gasteiger partial charge in [-0.25, -0.2) is 4.98 Å². The Kier molecular flexibility index (Phi) is 3.35. The topological polar surface area (TPSA) is 42.2 Å². The van der Waals surface area contributed by atoms with Gasteiger partial charge in [-0.1, -0.05) is 36.4 Å². The maximum Gasteiger partial charge on any atom is 0.128 e. The molecule has 4 rings (SSSR count). The van der Waals surface area contributed by atoms with Gasteiger partial charge in [-0.15, -0.1) is 0 Å². The lowest BCUT2D eigenvalue weighted by Crippen LogP contribution is -2.31. The van der Waals surface area contributed by atoms with Crippen molar-refractivity contribution >= 4 is 16.9 Å². The molecule has 0 radical (unpaired) electrons. The fraction of sp³-hybridized carbons (Fsp3) is 0.222. The lowest BCUT2D eigenvalue weighted by molar-refractivity contribution is 0.739. The van der Waals surface area contributed by atoms with E-state index in [2.05, 4.69) is 56.3 Å². The van der Waals surface area contributed by atoms with Gasteiger partial charge in [0.15, 0.2) is 0 Å². The molecule has 1 aliphatic heterocycles. The maximum absolute atomic E-state index is 4.63. The summed E-state index contributed by atoms with van der Waals surface area (Å²) in [5.74, 6) is 1.02. The summed E-state index contributed by atoms with van der Waals surface area (Å²) in [5, 5.41) is 3.42. The molecule has 22 heavy (non-hydrogen) atoms. The molecule has 0 spiro atoms. The molecule has 3 aromatic rings. The van der Waals surface area contributed by atoms with Crippen LogP contribution in [-0.4, -0.2) is 28.5 Å². The molecular formula is C18H18N4. The van der Waals surface area contributed by atoms with Gasteiger partial charge in [0.05, 0.1) is 17.4 Å². The standard InChI is InChI=1S/C18H18N4/c1-2-7-15(18-19-10-5-11-20-18)14(6-1)12-22-13-21-16-8-3-4-9-17(16)22/h1-4,6-9,13H,5,10-12H2,(H,19,20). The number of amidine groups is 1. The van der Waals surface area contributed by atoms with E-state index < -0.39 is 0 Å². The molecule has 0 unspecified atom stereocenters. The highest BCUT2D eigenvalue weighted by Crippen LogP contribution is 2.17. The van der Waals surface area contributed by atoms with Gasteiger partial charge in [-0.05, 0) is 24.1 Å². The Morgan fingerprint density at radius 2 is 1.91 bits per heavy atom. The van der Waals surface area contributed by atoms with Crippen LogP contribution in [0.15, 0.2) is 59.9 Å². The molecule has 4 heteroatoms. The van der Waals surface area contributed by atoms with E-state index in [1.165, 1.54) is 11.1 Å². The summed E-state index contributed by atoms with van der Waals surface area (Å²) in [6.45, 7) is 2.71. The van der Waals surface area contributed by atoms with Crippen molar-refractivity contribution in [3.8, 4) is 0 Å². The first-order chi connectivity index (χ1) is 10.9. The average Bonchev–Trinajstić information content (AvgIpc) is 2.99. The van der Waals surface area contributed by atoms with Crippen LogP contribution in [0.1, 0.15) is 17.5 Å². The van der Waals surface area contributed by atoms with Crippen LogP contribution in [0.5, 0.6) is 0 Å². The third kappa shape index (κ3) is 2.37. The van der Waals surface area contributed by atoms with Crippen LogP contribution in [0.4, 0.5) is 0 Å². The second-order valence-electron chi connectivity index (χ2n) is 5.53. The molecule has 1 N–H and O–H groups in total. The minimum absolute atomic E-state index is 0.803. The molecule has 0 atom stereocenters.